The number of ether oxygens (including phenoxy) is 1. The molecule has 2 aromatic carbocycles. The number of anilines is 2. The number of benzene rings is 2. The van der Waals surface area contributed by atoms with Gasteiger partial charge in [0.25, 0.3) is 0 Å². The fourth-order valence-electron chi connectivity index (χ4n) is 4.79. The van der Waals surface area contributed by atoms with Crippen LogP contribution in [0.3, 0.4) is 0 Å². The summed E-state index contributed by atoms with van der Waals surface area (Å²) in [4.78, 5) is 9.73. The predicted molar refractivity (Wildman–Crippen MR) is 130 cm³/mol. The van der Waals surface area contributed by atoms with Gasteiger partial charge in [-0.05, 0) is 72.7 Å². The van der Waals surface area contributed by atoms with Crippen molar-refractivity contribution < 1.29 is 4.74 Å². The van der Waals surface area contributed by atoms with Gasteiger partial charge in [-0.1, -0.05) is 31.2 Å². The molecule has 0 atom stereocenters. The van der Waals surface area contributed by atoms with E-state index in [0.717, 1.165) is 48.5 Å². The summed E-state index contributed by atoms with van der Waals surface area (Å²) in [6.07, 6.45) is 2.92. The van der Waals surface area contributed by atoms with E-state index in [1.807, 2.05) is 0 Å². The Morgan fingerprint density at radius 1 is 0.938 bits per heavy atom. The molecular weight excluding hydrogens is 396 g/mol. The first kappa shape index (κ1) is 20.7. The summed E-state index contributed by atoms with van der Waals surface area (Å²) >= 11 is 0. The number of hydrogen-bond acceptors (Lipinski definition) is 4. The molecule has 3 heterocycles. The Balaban J connectivity index is 1.47. The summed E-state index contributed by atoms with van der Waals surface area (Å²) in [5, 5.41) is 3.65. The van der Waals surface area contributed by atoms with E-state index in [0.29, 0.717) is 6.61 Å². The molecule has 32 heavy (non-hydrogen) atoms. The molecule has 5 rings (SSSR count). The van der Waals surface area contributed by atoms with Crippen LogP contribution in [0.25, 0.3) is 11.2 Å². The van der Waals surface area contributed by atoms with Gasteiger partial charge in [-0.15, -0.1) is 0 Å². The van der Waals surface area contributed by atoms with Crippen LogP contribution in [0, 0.1) is 13.8 Å². The lowest BCUT2D eigenvalue weighted by atomic mass is 10.0. The molecule has 4 aromatic rings. The highest BCUT2D eigenvalue weighted by Crippen LogP contribution is 2.32. The molecule has 0 saturated heterocycles. The van der Waals surface area contributed by atoms with Crippen molar-refractivity contribution in [3.8, 4) is 0 Å². The van der Waals surface area contributed by atoms with E-state index < -0.39 is 0 Å². The van der Waals surface area contributed by atoms with Crippen molar-refractivity contribution in [3.63, 3.8) is 0 Å². The first-order valence-corrected chi connectivity index (χ1v) is 11.4. The van der Waals surface area contributed by atoms with E-state index in [-0.39, 0.29) is 0 Å². The van der Waals surface area contributed by atoms with Crippen LogP contribution < -0.4 is 5.32 Å². The van der Waals surface area contributed by atoms with E-state index in [2.05, 4.69) is 73.1 Å². The Morgan fingerprint density at radius 2 is 1.62 bits per heavy atom. The number of aryl methyl sites for hydroxylation is 5. The highest BCUT2D eigenvalue weighted by atomic mass is 16.5. The van der Waals surface area contributed by atoms with E-state index >= 15 is 0 Å². The smallest absolute Gasteiger partial charge is 0.160 e. The number of aromatic nitrogens is 3. The van der Waals surface area contributed by atoms with Crippen LogP contribution in [-0.4, -0.2) is 21.6 Å². The number of imidazole rings is 1. The van der Waals surface area contributed by atoms with Crippen molar-refractivity contribution in [3.05, 3.63) is 81.8 Å². The van der Waals surface area contributed by atoms with Crippen molar-refractivity contribution >= 4 is 22.5 Å². The molecule has 0 unspecified atom stereocenters. The average Bonchev–Trinajstić information content (AvgIpc) is 3.01. The summed E-state index contributed by atoms with van der Waals surface area (Å²) in [5.74, 6) is 1.09. The third kappa shape index (κ3) is 3.78. The lowest BCUT2D eigenvalue weighted by Crippen LogP contribution is -2.06. The molecule has 0 saturated carbocycles. The maximum Gasteiger partial charge on any atom is 0.160 e. The predicted octanol–water partition coefficient (Wildman–Crippen LogP) is 5.65. The first-order chi connectivity index (χ1) is 15.6. The van der Waals surface area contributed by atoms with Crippen LogP contribution in [0.1, 0.15) is 46.3 Å². The lowest BCUT2D eigenvalue weighted by Gasteiger charge is -2.13. The van der Waals surface area contributed by atoms with Crippen LogP contribution >= 0.6 is 0 Å². The Bertz CT molecular complexity index is 1300. The molecule has 0 spiro atoms. The molecule has 0 aliphatic carbocycles. The Hall–Kier alpha value is -3.18. The minimum atomic E-state index is 0.649. The van der Waals surface area contributed by atoms with E-state index in [1.54, 1.807) is 7.11 Å². The summed E-state index contributed by atoms with van der Waals surface area (Å²) in [6, 6.07) is 15.5. The standard InChI is InChI=1S/C27H30N4O/c1-5-25-30-26-17(2)12-18(3)28-27(26)31(25)15-19-6-10-23-21(13-19)8-9-22-14-20(16-32-4)7-11-24(22)29-23/h6-7,10-14,29H,5,8-9,15-16H2,1-4H3. The van der Waals surface area contributed by atoms with E-state index in [1.165, 1.54) is 39.2 Å². The van der Waals surface area contributed by atoms with Crippen LogP contribution in [0.4, 0.5) is 11.4 Å². The average molecular weight is 427 g/mol. The molecule has 0 radical (unpaired) electrons. The van der Waals surface area contributed by atoms with Gasteiger partial charge in [-0.2, -0.15) is 0 Å². The number of pyridine rings is 1. The zero-order valence-corrected chi connectivity index (χ0v) is 19.3. The number of rotatable bonds is 5. The summed E-state index contributed by atoms with van der Waals surface area (Å²) in [6.45, 7) is 7.77. The molecule has 1 N–H and O–H groups in total. The van der Waals surface area contributed by atoms with Crippen LogP contribution in [0.15, 0.2) is 42.5 Å². The lowest BCUT2D eigenvalue weighted by molar-refractivity contribution is 0.185. The van der Waals surface area contributed by atoms with Crippen molar-refractivity contribution in [1.29, 1.82) is 0 Å². The summed E-state index contributed by atoms with van der Waals surface area (Å²) in [5.41, 5.74) is 11.8. The minimum Gasteiger partial charge on any atom is -0.380 e. The summed E-state index contributed by atoms with van der Waals surface area (Å²) in [7, 11) is 1.74. The minimum absolute atomic E-state index is 0.649. The van der Waals surface area contributed by atoms with Crippen molar-refractivity contribution in [2.24, 2.45) is 0 Å². The van der Waals surface area contributed by atoms with Gasteiger partial charge in [-0.25, -0.2) is 9.97 Å². The molecule has 1 aliphatic heterocycles. The zero-order valence-electron chi connectivity index (χ0n) is 19.3. The Morgan fingerprint density at radius 3 is 2.31 bits per heavy atom. The molecule has 164 valence electrons. The topological polar surface area (TPSA) is 52.0 Å². The van der Waals surface area contributed by atoms with E-state index in [4.69, 9.17) is 14.7 Å². The van der Waals surface area contributed by atoms with Crippen LogP contribution in [-0.2, 0) is 37.2 Å². The van der Waals surface area contributed by atoms with Crippen molar-refractivity contribution in [1.82, 2.24) is 14.5 Å². The quantitative estimate of drug-likeness (QED) is 0.448. The molecule has 5 heteroatoms. The molecular formula is C27H30N4O. The zero-order chi connectivity index (χ0) is 22.2. The Labute approximate surface area is 189 Å². The van der Waals surface area contributed by atoms with Gasteiger partial charge in [0.05, 0.1) is 13.2 Å². The van der Waals surface area contributed by atoms with Crippen molar-refractivity contribution in [2.45, 2.75) is 53.2 Å². The van der Waals surface area contributed by atoms with Gasteiger partial charge < -0.3 is 14.6 Å². The molecule has 5 nitrogen and oxygen atoms in total. The van der Waals surface area contributed by atoms with Crippen LogP contribution in [0.2, 0.25) is 0 Å². The molecule has 1 aliphatic rings. The molecule has 0 fully saturated rings. The van der Waals surface area contributed by atoms with Gasteiger partial charge in [0.15, 0.2) is 5.65 Å². The van der Waals surface area contributed by atoms with Gasteiger partial charge in [-0.3, -0.25) is 0 Å². The normalized spacial score (nSPS) is 12.9. The molecule has 0 amide bonds. The molecule has 0 bridgehead atoms. The first-order valence-electron chi connectivity index (χ1n) is 11.4. The Kier molecular flexibility index (Phi) is 5.43. The molecule has 2 aromatic heterocycles. The summed E-state index contributed by atoms with van der Waals surface area (Å²) < 4.78 is 7.59. The maximum absolute atomic E-state index is 5.31. The third-order valence-corrected chi connectivity index (χ3v) is 6.34. The van der Waals surface area contributed by atoms with E-state index in [9.17, 15) is 0 Å². The maximum atomic E-state index is 5.31. The number of hydrogen-bond donors (Lipinski definition) is 1. The number of methoxy groups -OCH3 is 1. The fraction of sp³-hybridized carbons (Fsp3) is 0.333. The SMILES string of the molecule is CCc1nc2c(C)cc(C)nc2n1Cc1ccc2c(c1)CCc1cc(COC)ccc1N2. The second-order valence-electron chi connectivity index (χ2n) is 8.76. The monoisotopic (exact) mass is 426 g/mol. The number of nitrogens with zero attached hydrogens (tertiary/aromatic N) is 3. The largest absolute Gasteiger partial charge is 0.380 e. The van der Waals surface area contributed by atoms with Gasteiger partial charge >= 0.3 is 0 Å². The highest BCUT2D eigenvalue weighted by molar-refractivity contribution is 5.76. The second kappa shape index (κ2) is 8.40. The number of fused-ring (bicyclic) bond motifs is 3. The fourth-order valence-corrected chi connectivity index (χ4v) is 4.79. The van der Waals surface area contributed by atoms with Gasteiger partial charge in [0.2, 0.25) is 0 Å². The van der Waals surface area contributed by atoms with Crippen molar-refractivity contribution in [2.75, 3.05) is 12.4 Å². The van der Waals surface area contributed by atoms with Gasteiger partial charge in [0.1, 0.15) is 11.3 Å². The van der Waals surface area contributed by atoms with Gasteiger partial charge in [0, 0.05) is 30.6 Å². The highest BCUT2D eigenvalue weighted by Gasteiger charge is 2.17. The second-order valence-corrected chi connectivity index (χ2v) is 8.76. The number of nitrogens with one attached hydrogen (secondary N) is 1. The third-order valence-electron chi connectivity index (χ3n) is 6.34. The van der Waals surface area contributed by atoms with Crippen LogP contribution in [0.5, 0.6) is 0 Å².